The van der Waals surface area contributed by atoms with Crippen LogP contribution in [0.5, 0.6) is 11.5 Å². The number of carbonyl (C=O) groups is 2. The number of halogens is 3. The summed E-state index contributed by atoms with van der Waals surface area (Å²) in [4.78, 5) is 27.3. The predicted octanol–water partition coefficient (Wildman–Crippen LogP) is 6.52. The van der Waals surface area contributed by atoms with Crippen LogP contribution in [-0.4, -0.2) is 24.0 Å². The fraction of sp³-hybridized carbons (Fsp3) is 0.250. The van der Waals surface area contributed by atoms with E-state index in [4.69, 9.17) is 9.47 Å². The first kappa shape index (κ1) is 28.0. The molecule has 0 amide bonds. The smallest absolute Gasteiger partial charge is 0.416 e. The Morgan fingerprint density at radius 3 is 2.49 bits per heavy atom. The molecule has 0 radical (unpaired) electrons. The molecule has 41 heavy (non-hydrogen) atoms. The van der Waals surface area contributed by atoms with Gasteiger partial charge < -0.3 is 19.9 Å². The molecule has 3 aromatic rings. The van der Waals surface area contributed by atoms with Gasteiger partial charge in [0.25, 0.3) is 0 Å². The Kier molecular flexibility index (Phi) is 7.62. The van der Waals surface area contributed by atoms with Crippen molar-refractivity contribution in [3.8, 4) is 11.5 Å². The van der Waals surface area contributed by atoms with Crippen molar-refractivity contribution in [2.24, 2.45) is 0 Å². The molecule has 2 unspecified atom stereocenters. The topological polar surface area (TPSA) is 84.9 Å². The maximum absolute atomic E-state index is 13.8. The van der Waals surface area contributed by atoms with Crippen LogP contribution in [0.1, 0.15) is 53.9 Å². The lowest BCUT2D eigenvalue weighted by atomic mass is 9.71. The third-order valence-corrected chi connectivity index (χ3v) is 7.51. The molecule has 0 saturated carbocycles. The third-order valence-electron chi connectivity index (χ3n) is 7.51. The highest BCUT2D eigenvalue weighted by Gasteiger charge is 2.42. The molecule has 0 spiro atoms. The lowest BCUT2D eigenvalue weighted by Gasteiger charge is -2.37. The summed E-state index contributed by atoms with van der Waals surface area (Å²) in [5, 5.41) is 13.5. The normalized spacial score (nSPS) is 19.0. The molecule has 1 aliphatic heterocycles. The number of hydrogen-bond donors (Lipinski definition) is 2. The number of allylic oxidation sites excluding steroid dienone is 3. The van der Waals surface area contributed by atoms with Gasteiger partial charge in [0.2, 0.25) is 0 Å². The largest absolute Gasteiger partial charge is 0.508 e. The number of nitrogens with one attached hydrogen (secondary N) is 1. The van der Waals surface area contributed by atoms with Crippen LogP contribution in [0.15, 0.2) is 95.3 Å². The first-order valence-corrected chi connectivity index (χ1v) is 13.1. The van der Waals surface area contributed by atoms with Gasteiger partial charge in [-0.3, -0.25) is 4.79 Å². The van der Waals surface area contributed by atoms with Gasteiger partial charge in [-0.05, 0) is 48.7 Å². The van der Waals surface area contributed by atoms with Crippen molar-refractivity contribution in [2.45, 2.75) is 44.4 Å². The average molecular weight is 564 g/mol. The Balaban J connectivity index is 1.51. The zero-order valence-corrected chi connectivity index (χ0v) is 22.4. The van der Waals surface area contributed by atoms with E-state index < -0.39 is 30.2 Å². The second kappa shape index (κ2) is 11.2. The Morgan fingerprint density at radius 2 is 1.76 bits per heavy atom. The fourth-order valence-electron chi connectivity index (χ4n) is 5.71. The molecule has 2 N–H and O–H groups in total. The number of rotatable bonds is 6. The van der Waals surface area contributed by atoms with Crippen molar-refractivity contribution in [1.82, 2.24) is 5.32 Å². The van der Waals surface area contributed by atoms with Gasteiger partial charge in [0.15, 0.2) is 5.78 Å². The van der Waals surface area contributed by atoms with Crippen molar-refractivity contribution in [2.75, 3.05) is 7.11 Å². The Morgan fingerprint density at radius 1 is 1.02 bits per heavy atom. The van der Waals surface area contributed by atoms with E-state index in [-0.39, 0.29) is 35.0 Å². The summed E-state index contributed by atoms with van der Waals surface area (Å²) in [5.74, 6) is -1.48. The standard InChI is InChI=1S/C32H28F3NO5/c1-18-28(31(39)41-17-20-8-3-5-12-24(20)32(33,34)35)29(19-9-7-10-22(37)14-19)30-25(36-18)15-21(16-26(30)38)23-11-4-6-13-27(23)40-2/h3-14,21,29,36-37H,15-17H2,1-2H3. The van der Waals surface area contributed by atoms with Crippen molar-refractivity contribution in [3.05, 3.63) is 118 Å². The summed E-state index contributed by atoms with van der Waals surface area (Å²) in [6.07, 6.45) is -3.98. The summed E-state index contributed by atoms with van der Waals surface area (Å²) in [5.41, 5.74) is 1.84. The van der Waals surface area contributed by atoms with Crippen LogP contribution in [0.3, 0.4) is 0 Å². The Hall–Kier alpha value is -4.53. The molecule has 1 heterocycles. The van der Waals surface area contributed by atoms with Gasteiger partial charge >= 0.3 is 12.1 Å². The lowest BCUT2D eigenvalue weighted by Crippen LogP contribution is -2.36. The number of aromatic hydroxyl groups is 1. The van der Waals surface area contributed by atoms with Gasteiger partial charge in [-0.1, -0.05) is 48.5 Å². The van der Waals surface area contributed by atoms with E-state index in [1.807, 2.05) is 24.3 Å². The quantitative estimate of drug-likeness (QED) is 0.332. The van der Waals surface area contributed by atoms with E-state index in [2.05, 4.69) is 5.32 Å². The number of ketones is 1. The monoisotopic (exact) mass is 563 g/mol. The number of phenols is 1. The fourth-order valence-corrected chi connectivity index (χ4v) is 5.71. The molecule has 0 fully saturated rings. The van der Waals surface area contributed by atoms with Crippen molar-refractivity contribution < 1.29 is 37.3 Å². The van der Waals surface area contributed by atoms with Gasteiger partial charge in [0.05, 0.1) is 18.2 Å². The number of ether oxygens (including phenoxy) is 2. The van der Waals surface area contributed by atoms with Gasteiger partial charge in [-0.15, -0.1) is 0 Å². The van der Waals surface area contributed by atoms with Crippen molar-refractivity contribution in [1.29, 1.82) is 0 Å². The second-order valence-electron chi connectivity index (χ2n) is 10.1. The van der Waals surface area contributed by atoms with E-state index in [0.29, 0.717) is 34.7 Å². The maximum atomic E-state index is 13.8. The van der Waals surface area contributed by atoms with Gasteiger partial charge in [0, 0.05) is 40.8 Å². The molecule has 6 nitrogen and oxygen atoms in total. The molecule has 1 aliphatic carbocycles. The number of phenolic OH excluding ortho intramolecular Hbond substituents is 1. The summed E-state index contributed by atoms with van der Waals surface area (Å²) in [6.45, 7) is 1.06. The minimum Gasteiger partial charge on any atom is -0.508 e. The molecule has 0 bridgehead atoms. The summed E-state index contributed by atoms with van der Waals surface area (Å²) < 4.78 is 51.5. The second-order valence-corrected chi connectivity index (χ2v) is 10.1. The van der Waals surface area contributed by atoms with Crippen molar-refractivity contribution >= 4 is 11.8 Å². The predicted molar refractivity (Wildman–Crippen MR) is 145 cm³/mol. The van der Waals surface area contributed by atoms with Crippen molar-refractivity contribution in [3.63, 3.8) is 0 Å². The molecule has 212 valence electrons. The van der Waals surface area contributed by atoms with Crippen LogP contribution in [0.25, 0.3) is 0 Å². The van der Waals surface area contributed by atoms with E-state index in [0.717, 1.165) is 11.6 Å². The first-order valence-electron chi connectivity index (χ1n) is 13.1. The summed E-state index contributed by atoms with van der Waals surface area (Å²) in [7, 11) is 1.57. The van der Waals surface area contributed by atoms with E-state index in [1.165, 1.54) is 30.3 Å². The highest BCUT2D eigenvalue weighted by Crippen LogP contribution is 2.47. The number of hydrogen-bond acceptors (Lipinski definition) is 6. The minimum absolute atomic E-state index is 0.0529. The lowest BCUT2D eigenvalue weighted by molar-refractivity contribution is -0.144. The van der Waals surface area contributed by atoms with E-state index in [9.17, 15) is 27.9 Å². The number of para-hydroxylation sites is 1. The number of methoxy groups -OCH3 is 1. The maximum Gasteiger partial charge on any atom is 0.416 e. The van der Waals surface area contributed by atoms with E-state index in [1.54, 1.807) is 26.2 Å². The van der Waals surface area contributed by atoms with E-state index >= 15 is 0 Å². The number of Topliss-reactive ketones (excluding diaryl/α,β-unsaturated/α-hetero) is 1. The average Bonchev–Trinajstić information content (AvgIpc) is 2.94. The van der Waals surface area contributed by atoms with Gasteiger partial charge in [-0.2, -0.15) is 13.2 Å². The van der Waals surface area contributed by atoms with Crippen LogP contribution in [0.2, 0.25) is 0 Å². The molecule has 9 heteroatoms. The summed E-state index contributed by atoms with van der Waals surface area (Å²) >= 11 is 0. The molecule has 0 aromatic heterocycles. The molecular formula is C32H28F3NO5. The molecule has 5 rings (SSSR count). The highest BCUT2D eigenvalue weighted by molar-refractivity contribution is 6.04. The number of dihydropyridines is 1. The third kappa shape index (κ3) is 5.57. The molecule has 2 atom stereocenters. The molecular weight excluding hydrogens is 535 g/mol. The Bertz CT molecular complexity index is 1570. The first-order chi connectivity index (χ1) is 19.6. The van der Waals surface area contributed by atoms with Crippen LogP contribution < -0.4 is 10.1 Å². The van der Waals surface area contributed by atoms with Gasteiger partial charge in [0.1, 0.15) is 18.1 Å². The van der Waals surface area contributed by atoms with Crippen LogP contribution in [0.4, 0.5) is 13.2 Å². The van der Waals surface area contributed by atoms with Gasteiger partial charge in [-0.25, -0.2) is 4.79 Å². The minimum atomic E-state index is -4.61. The van der Waals surface area contributed by atoms with Crippen LogP contribution in [0, 0.1) is 0 Å². The SMILES string of the molecule is COc1ccccc1C1CC(=O)C2=C(C1)NC(C)=C(C(=O)OCc1ccccc1C(F)(F)F)C2c1cccc(O)c1. The zero-order valence-electron chi connectivity index (χ0n) is 22.4. The number of esters is 1. The summed E-state index contributed by atoms with van der Waals surface area (Å²) in [6, 6.07) is 18.6. The Labute approximate surface area is 235 Å². The molecule has 3 aromatic carbocycles. The number of alkyl halides is 3. The number of benzene rings is 3. The highest BCUT2D eigenvalue weighted by atomic mass is 19.4. The zero-order chi connectivity index (χ0) is 29.3. The van der Waals surface area contributed by atoms with Crippen LogP contribution in [-0.2, 0) is 27.1 Å². The molecule has 0 saturated heterocycles. The van der Waals surface area contributed by atoms with Crippen LogP contribution >= 0.6 is 0 Å². The molecule has 2 aliphatic rings. The number of carbonyl (C=O) groups excluding carboxylic acids is 2.